The van der Waals surface area contributed by atoms with Crippen molar-refractivity contribution in [2.75, 3.05) is 36.9 Å². The van der Waals surface area contributed by atoms with Crippen molar-refractivity contribution in [3.63, 3.8) is 0 Å². The summed E-state index contributed by atoms with van der Waals surface area (Å²) in [5, 5.41) is 0. The van der Waals surface area contributed by atoms with Crippen LogP contribution in [0.3, 0.4) is 0 Å². The zero-order valence-corrected chi connectivity index (χ0v) is 11.3. The largest absolute Gasteiger partial charge is 0.494 e. The molecular formula is C13H18N2O2S. The molecule has 2 rings (SSSR count). The number of nitrogens with two attached hydrogens (primary N) is 1. The predicted molar refractivity (Wildman–Crippen MR) is 75.3 cm³/mol. The molecule has 1 amide bonds. The van der Waals surface area contributed by atoms with Crippen molar-refractivity contribution in [2.24, 2.45) is 0 Å². The van der Waals surface area contributed by atoms with Crippen LogP contribution in [0.1, 0.15) is 17.3 Å². The van der Waals surface area contributed by atoms with Gasteiger partial charge in [0.05, 0.1) is 6.61 Å². The van der Waals surface area contributed by atoms with Crippen molar-refractivity contribution in [3.05, 3.63) is 23.8 Å². The highest BCUT2D eigenvalue weighted by molar-refractivity contribution is 7.99. The number of amides is 1. The van der Waals surface area contributed by atoms with Gasteiger partial charge < -0.3 is 15.4 Å². The molecule has 1 aliphatic heterocycles. The molecule has 0 aromatic heterocycles. The summed E-state index contributed by atoms with van der Waals surface area (Å²) < 4.78 is 5.41. The molecule has 0 radical (unpaired) electrons. The van der Waals surface area contributed by atoms with Crippen molar-refractivity contribution in [3.8, 4) is 5.75 Å². The summed E-state index contributed by atoms with van der Waals surface area (Å²) in [4.78, 5) is 14.2. The van der Waals surface area contributed by atoms with Crippen molar-refractivity contribution in [2.45, 2.75) is 6.92 Å². The standard InChI is InChI=1S/C13H18N2O2S/c1-2-17-12-8-10(7-11(14)9-12)13(16)15-3-5-18-6-4-15/h7-9H,2-6,14H2,1H3. The number of ether oxygens (including phenoxy) is 1. The first-order chi connectivity index (χ1) is 8.70. The van der Waals surface area contributed by atoms with E-state index in [-0.39, 0.29) is 5.91 Å². The first-order valence-corrected chi connectivity index (χ1v) is 7.26. The maximum atomic E-state index is 12.3. The van der Waals surface area contributed by atoms with Gasteiger partial charge in [0.25, 0.3) is 5.91 Å². The van der Waals surface area contributed by atoms with E-state index < -0.39 is 0 Å². The molecule has 18 heavy (non-hydrogen) atoms. The molecule has 1 saturated heterocycles. The predicted octanol–water partition coefficient (Wildman–Crippen LogP) is 1.86. The summed E-state index contributed by atoms with van der Waals surface area (Å²) in [5.41, 5.74) is 6.98. The molecule has 0 spiro atoms. The lowest BCUT2D eigenvalue weighted by Crippen LogP contribution is -2.37. The fourth-order valence-corrected chi connectivity index (χ4v) is 2.85. The molecule has 1 aromatic rings. The third-order valence-electron chi connectivity index (χ3n) is 2.79. The molecule has 1 heterocycles. The lowest BCUT2D eigenvalue weighted by atomic mass is 10.1. The number of anilines is 1. The van der Waals surface area contributed by atoms with Gasteiger partial charge in [0.1, 0.15) is 5.75 Å². The second-order valence-electron chi connectivity index (χ2n) is 4.13. The third kappa shape index (κ3) is 3.10. The van der Waals surface area contributed by atoms with Gasteiger partial charge in [-0.05, 0) is 19.1 Å². The Morgan fingerprint density at radius 1 is 1.39 bits per heavy atom. The van der Waals surface area contributed by atoms with Gasteiger partial charge in [-0.15, -0.1) is 0 Å². The monoisotopic (exact) mass is 266 g/mol. The number of carbonyl (C=O) groups excluding carboxylic acids is 1. The van der Waals surface area contributed by atoms with Crippen LogP contribution in [0.25, 0.3) is 0 Å². The van der Waals surface area contributed by atoms with Crippen LogP contribution in [0, 0.1) is 0 Å². The topological polar surface area (TPSA) is 55.6 Å². The van der Waals surface area contributed by atoms with E-state index in [1.165, 1.54) is 0 Å². The molecule has 4 nitrogen and oxygen atoms in total. The van der Waals surface area contributed by atoms with Gasteiger partial charge in [0.2, 0.25) is 0 Å². The SMILES string of the molecule is CCOc1cc(N)cc(C(=O)N2CCSCC2)c1. The molecule has 0 saturated carbocycles. The quantitative estimate of drug-likeness (QED) is 0.848. The average molecular weight is 266 g/mol. The molecule has 1 fully saturated rings. The molecule has 0 aliphatic carbocycles. The number of hydrogen-bond acceptors (Lipinski definition) is 4. The lowest BCUT2D eigenvalue weighted by Gasteiger charge is -2.26. The number of carbonyl (C=O) groups is 1. The molecule has 1 aromatic carbocycles. The van der Waals surface area contributed by atoms with Crippen LogP contribution in [0.15, 0.2) is 18.2 Å². The van der Waals surface area contributed by atoms with E-state index in [2.05, 4.69) is 0 Å². The maximum absolute atomic E-state index is 12.3. The van der Waals surface area contributed by atoms with Crippen molar-refractivity contribution in [1.29, 1.82) is 0 Å². The zero-order valence-electron chi connectivity index (χ0n) is 10.5. The van der Waals surface area contributed by atoms with E-state index >= 15 is 0 Å². The molecule has 98 valence electrons. The molecule has 0 bridgehead atoms. The van der Waals surface area contributed by atoms with E-state index in [0.717, 1.165) is 24.6 Å². The molecule has 2 N–H and O–H groups in total. The molecular weight excluding hydrogens is 248 g/mol. The smallest absolute Gasteiger partial charge is 0.254 e. The Labute approximate surface area is 111 Å². The minimum atomic E-state index is 0.0450. The Morgan fingerprint density at radius 2 is 2.11 bits per heavy atom. The highest BCUT2D eigenvalue weighted by Gasteiger charge is 2.19. The summed E-state index contributed by atoms with van der Waals surface area (Å²) in [6.07, 6.45) is 0. The van der Waals surface area contributed by atoms with Crippen LogP contribution in [-0.2, 0) is 0 Å². The van der Waals surface area contributed by atoms with Gasteiger partial charge in [0, 0.05) is 41.9 Å². The Balaban J connectivity index is 2.18. The minimum Gasteiger partial charge on any atom is -0.494 e. The van der Waals surface area contributed by atoms with Crippen LogP contribution >= 0.6 is 11.8 Å². The van der Waals surface area contributed by atoms with Gasteiger partial charge in [-0.3, -0.25) is 4.79 Å². The second-order valence-corrected chi connectivity index (χ2v) is 5.35. The number of rotatable bonds is 3. The van der Waals surface area contributed by atoms with Gasteiger partial charge in [-0.1, -0.05) is 0 Å². The highest BCUT2D eigenvalue weighted by atomic mass is 32.2. The number of benzene rings is 1. The first kappa shape index (κ1) is 13.1. The summed E-state index contributed by atoms with van der Waals surface area (Å²) in [6, 6.07) is 5.23. The van der Waals surface area contributed by atoms with E-state index in [1.807, 2.05) is 23.6 Å². The van der Waals surface area contributed by atoms with E-state index in [4.69, 9.17) is 10.5 Å². The molecule has 5 heteroatoms. The van der Waals surface area contributed by atoms with Crippen LogP contribution in [0.5, 0.6) is 5.75 Å². The van der Waals surface area contributed by atoms with Gasteiger partial charge in [0.15, 0.2) is 0 Å². The van der Waals surface area contributed by atoms with E-state index in [9.17, 15) is 4.79 Å². The number of thioether (sulfide) groups is 1. The molecule has 0 atom stereocenters. The van der Waals surface area contributed by atoms with Crippen molar-refractivity contribution in [1.82, 2.24) is 4.90 Å². The van der Waals surface area contributed by atoms with Gasteiger partial charge in [-0.25, -0.2) is 0 Å². The Bertz CT molecular complexity index is 431. The highest BCUT2D eigenvalue weighted by Crippen LogP contribution is 2.21. The van der Waals surface area contributed by atoms with Crippen molar-refractivity contribution >= 4 is 23.4 Å². The van der Waals surface area contributed by atoms with Crippen LogP contribution in [-0.4, -0.2) is 42.0 Å². The van der Waals surface area contributed by atoms with Gasteiger partial charge in [-0.2, -0.15) is 11.8 Å². The second kappa shape index (κ2) is 6.00. The summed E-state index contributed by atoms with van der Waals surface area (Å²) in [5.74, 6) is 2.72. The van der Waals surface area contributed by atoms with Crippen molar-refractivity contribution < 1.29 is 9.53 Å². The summed E-state index contributed by atoms with van der Waals surface area (Å²) >= 11 is 1.88. The summed E-state index contributed by atoms with van der Waals surface area (Å²) in [7, 11) is 0. The van der Waals surface area contributed by atoms with E-state index in [1.54, 1.807) is 18.2 Å². The number of nitrogen functional groups attached to an aromatic ring is 1. The Morgan fingerprint density at radius 3 is 2.78 bits per heavy atom. The summed E-state index contributed by atoms with van der Waals surface area (Å²) in [6.45, 7) is 4.09. The Kier molecular flexibility index (Phi) is 4.36. The fourth-order valence-electron chi connectivity index (χ4n) is 1.94. The van der Waals surface area contributed by atoms with Crippen LogP contribution < -0.4 is 10.5 Å². The number of nitrogens with zero attached hydrogens (tertiary/aromatic N) is 1. The first-order valence-electron chi connectivity index (χ1n) is 6.11. The molecule has 1 aliphatic rings. The average Bonchev–Trinajstić information content (AvgIpc) is 2.38. The zero-order chi connectivity index (χ0) is 13.0. The van der Waals surface area contributed by atoms with Crippen LogP contribution in [0.2, 0.25) is 0 Å². The van der Waals surface area contributed by atoms with Gasteiger partial charge >= 0.3 is 0 Å². The number of hydrogen-bond donors (Lipinski definition) is 1. The third-order valence-corrected chi connectivity index (χ3v) is 3.73. The Hall–Kier alpha value is -1.36. The molecule has 0 unspecified atom stereocenters. The maximum Gasteiger partial charge on any atom is 0.254 e. The fraction of sp³-hybridized carbons (Fsp3) is 0.462. The van der Waals surface area contributed by atoms with Crippen LogP contribution in [0.4, 0.5) is 5.69 Å². The van der Waals surface area contributed by atoms with E-state index in [0.29, 0.717) is 23.6 Å². The lowest BCUT2D eigenvalue weighted by molar-refractivity contribution is 0.0772. The minimum absolute atomic E-state index is 0.0450. The normalized spacial score (nSPS) is 15.5.